The number of rotatable bonds is 8. The Hall–Kier alpha value is -3.26. The van der Waals surface area contributed by atoms with E-state index in [4.69, 9.17) is 4.74 Å². The quantitative estimate of drug-likeness (QED) is 0.563. The first-order chi connectivity index (χ1) is 15.6. The summed E-state index contributed by atoms with van der Waals surface area (Å²) in [6.45, 7) is 2.47. The molecular weight excluding hydrogens is 424 g/mol. The van der Waals surface area contributed by atoms with Gasteiger partial charge in [-0.2, -0.15) is 0 Å². The van der Waals surface area contributed by atoms with Crippen LogP contribution in [0.25, 0.3) is 0 Å². The molecular formula is C24H26N4O3S. The monoisotopic (exact) mass is 450 g/mol. The summed E-state index contributed by atoms with van der Waals surface area (Å²) in [6, 6.07) is 15.8. The predicted octanol–water partition coefficient (Wildman–Crippen LogP) is 3.89. The Morgan fingerprint density at radius 2 is 1.81 bits per heavy atom. The Morgan fingerprint density at radius 3 is 2.50 bits per heavy atom. The third-order valence-corrected chi connectivity index (χ3v) is 6.53. The van der Waals surface area contributed by atoms with Crippen LogP contribution in [0.5, 0.6) is 5.75 Å². The van der Waals surface area contributed by atoms with Gasteiger partial charge in [-0.1, -0.05) is 42.5 Å². The van der Waals surface area contributed by atoms with E-state index in [0.29, 0.717) is 11.7 Å². The summed E-state index contributed by atoms with van der Waals surface area (Å²) in [5, 5.41) is 12.5. The number of aromatic nitrogens is 2. The third-order valence-electron chi connectivity index (χ3n) is 5.64. The number of carbonyl (C=O) groups excluding carboxylic acids is 2. The molecule has 0 aliphatic carbocycles. The Morgan fingerprint density at radius 1 is 1.09 bits per heavy atom. The zero-order valence-electron chi connectivity index (χ0n) is 18.2. The van der Waals surface area contributed by atoms with Crippen molar-refractivity contribution >= 4 is 34.0 Å². The summed E-state index contributed by atoms with van der Waals surface area (Å²) >= 11 is 1.37. The zero-order chi connectivity index (χ0) is 22.5. The van der Waals surface area contributed by atoms with E-state index in [1.54, 1.807) is 12.0 Å². The summed E-state index contributed by atoms with van der Waals surface area (Å²) in [7, 11) is 1.65. The van der Waals surface area contributed by atoms with Gasteiger partial charge in [0.05, 0.1) is 13.0 Å². The van der Waals surface area contributed by atoms with Crippen LogP contribution in [0.2, 0.25) is 0 Å². The molecule has 1 atom stereocenters. The van der Waals surface area contributed by atoms with E-state index in [9.17, 15) is 9.59 Å². The second-order valence-corrected chi connectivity index (χ2v) is 8.83. The van der Waals surface area contributed by atoms with Crippen molar-refractivity contribution in [2.24, 2.45) is 5.92 Å². The number of carbonyl (C=O) groups is 2. The number of hydrogen-bond acceptors (Lipinski definition) is 6. The van der Waals surface area contributed by atoms with E-state index >= 15 is 0 Å². The van der Waals surface area contributed by atoms with Gasteiger partial charge in [0, 0.05) is 25.1 Å². The number of methoxy groups -OCH3 is 1. The third kappa shape index (κ3) is 5.13. The molecule has 0 saturated carbocycles. The van der Waals surface area contributed by atoms with Crippen LogP contribution < -0.4 is 15.0 Å². The Bertz CT molecular complexity index is 1080. The maximum atomic E-state index is 12.7. The number of nitrogens with one attached hydrogen (secondary N) is 1. The van der Waals surface area contributed by atoms with Gasteiger partial charge in [-0.25, -0.2) is 0 Å². The normalized spacial score (nSPS) is 15.8. The molecule has 1 saturated heterocycles. The molecule has 1 fully saturated rings. The number of nitrogens with zero attached hydrogens (tertiary/aromatic N) is 3. The van der Waals surface area contributed by atoms with Gasteiger partial charge in [0.2, 0.25) is 16.9 Å². The first-order valence-electron chi connectivity index (χ1n) is 10.7. The van der Waals surface area contributed by atoms with Gasteiger partial charge in [0.25, 0.3) is 0 Å². The fourth-order valence-electron chi connectivity index (χ4n) is 3.70. The molecule has 2 heterocycles. The summed E-state index contributed by atoms with van der Waals surface area (Å²) in [5.74, 6) is 0.201. The highest BCUT2D eigenvalue weighted by Crippen LogP contribution is 2.27. The van der Waals surface area contributed by atoms with Crippen molar-refractivity contribution in [1.82, 2.24) is 10.2 Å². The number of hydrogen-bond donors (Lipinski definition) is 1. The zero-order valence-corrected chi connectivity index (χ0v) is 19.0. The average molecular weight is 451 g/mol. The molecule has 1 N–H and O–H groups in total. The number of aryl methyl sites for hydroxylation is 3. The molecule has 1 aliphatic heterocycles. The van der Waals surface area contributed by atoms with Gasteiger partial charge < -0.3 is 15.0 Å². The van der Waals surface area contributed by atoms with Crippen molar-refractivity contribution in [1.29, 1.82) is 0 Å². The Balaban J connectivity index is 1.31. The molecule has 0 bridgehead atoms. The average Bonchev–Trinajstić information content (AvgIpc) is 3.44. The van der Waals surface area contributed by atoms with Crippen LogP contribution in [0.15, 0.2) is 48.5 Å². The summed E-state index contributed by atoms with van der Waals surface area (Å²) < 4.78 is 5.18. The van der Waals surface area contributed by atoms with E-state index in [1.807, 2.05) is 48.5 Å². The smallest absolute Gasteiger partial charge is 0.231 e. The van der Waals surface area contributed by atoms with Crippen molar-refractivity contribution in [2.75, 3.05) is 23.9 Å². The first kappa shape index (κ1) is 22.0. The highest BCUT2D eigenvalue weighted by Gasteiger charge is 2.35. The van der Waals surface area contributed by atoms with Gasteiger partial charge >= 0.3 is 0 Å². The lowest BCUT2D eigenvalue weighted by molar-refractivity contribution is -0.122. The van der Waals surface area contributed by atoms with Crippen molar-refractivity contribution in [2.45, 2.75) is 32.6 Å². The molecule has 4 rings (SSSR count). The molecule has 1 unspecified atom stereocenters. The van der Waals surface area contributed by atoms with Gasteiger partial charge in [-0.3, -0.25) is 9.59 Å². The number of benzene rings is 2. The minimum absolute atomic E-state index is 0.0353. The highest BCUT2D eigenvalue weighted by atomic mass is 32.1. The van der Waals surface area contributed by atoms with Crippen LogP contribution in [0.1, 0.15) is 29.5 Å². The fraction of sp³-hybridized carbons (Fsp3) is 0.333. The minimum Gasteiger partial charge on any atom is -0.497 e. The Labute approximate surface area is 191 Å². The van der Waals surface area contributed by atoms with E-state index in [0.717, 1.165) is 35.7 Å². The van der Waals surface area contributed by atoms with Crippen molar-refractivity contribution in [3.63, 3.8) is 0 Å². The second-order valence-electron chi connectivity index (χ2n) is 7.76. The minimum atomic E-state index is -0.403. The molecule has 3 aromatic rings. The topological polar surface area (TPSA) is 84.4 Å². The van der Waals surface area contributed by atoms with E-state index < -0.39 is 5.92 Å². The molecule has 2 amide bonds. The molecule has 32 heavy (non-hydrogen) atoms. The molecule has 166 valence electrons. The lowest BCUT2D eigenvalue weighted by Gasteiger charge is -2.17. The van der Waals surface area contributed by atoms with Crippen LogP contribution in [0, 0.1) is 5.92 Å². The van der Waals surface area contributed by atoms with Crippen LogP contribution in [-0.2, 0) is 28.9 Å². The van der Waals surface area contributed by atoms with Gasteiger partial charge in [-0.05, 0) is 48.2 Å². The van der Waals surface area contributed by atoms with Crippen molar-refractivity contribution in [3.05, 3.63) is 64.7 Å². The number of amides is 2. The van der Waals surface area contributed by atoms with Crippen LogP contribution in [0.3, 0.4) is 0 Å². The van der Waals surface area contributed by atoms with Crippen molar-refractivity contribution in [3.8, 4) is 5.75 Å². The predicted molar refractivity (Wildman–Crippen MR) is 125 cm³/mol. The molecule has 2 aromatic carbocycles. The summed E-state index contributed by atoms with van der Waals surface area (Å²) in [5.41, 5.74) is 3.23. The molecule has 1 aromatic heterocycles. The molecule has 1 aliphatic rings. The van der Waals surface area contributed by atoms with E-state index in [2.05, 4.69) is 22.4 Å². The first-order valence-corrected chi connectivity index (χ1v) is 11.5. The van der Waals surface area contributed by atoms with Gasteiger partial charge in [0.1, 0.15) is 10.8 Å². The van der Waals surface area contributed by atoms with Crippen molar-refractivity contribution < 1.29 is 14.3 Å². The second kappa shape index (κ2) is 9.91. The van der Waals surface area contributed by atoms with Crippen LogP contribution >= 0.6 is 11.3 Å². The molecule has 8 heteroatoms. The number of ether oxygens (including phenoxy) is 1. The Kier molecular flexibility index (Phi) is 6.80. The fourth-order valence-corrected chi connectivity index (χ4v) is 4.44. The van der Waals surface area contributed by atoms with E-state index in [-0.39, 0.29) is 18.2 Å². The van der Waals surface area contributed by atoms with Gasteiger partial charge in [-0.15, -0.1) is 10.2 Å². The van der Waals surface area contributed by atoms with Crippen LogP contribution in [-0.4, -0.2) is 35.7 Å². The lowest BCUT2D eigenvalue weighted by atomic mass is 10.1. The maximum absolute atomic E-state index is 12.7. The summed E-state index contributed by atoms with van der Waals surface area (Å²) in [6.07, 6.45) is 2.71. The largest absolute Gasteiger partial charge is 0.497 e. The molecule has 0 spiro atoms. The highest BCUT2D eigenvalue weighted by molar-refractivity contribution is 7.15. The maximum Gasteiger partial charge on any atom is 0.231 e. The molecule has 7 nitrogen and oxygen atoms in total. The summed E-state index contributed by atoms with van der Waals surface area (Å²) in [4.78, 5) is 26.9. The lowest BCUT2D eigenvalue weighted by Crippen LogP contribution is -2.28. The van der Waals surface area contributed by atoms with Gasteiger partial charge in [0.15, 0.2) is 0 Å². The van der Waals surface area contributed by atoms with Crippen LogP contribution in [0.4, 0.5) is 10.8 Å². The van der Waals surface area contributed by atoms with E-state index in [1.165, 1.54) is 22.5 Å². The SMILES string of the molecule is CCc1ccc(N2CC(C(=O)Nc3nnc(CCc4ccc(OC)cc4)s3)CC2=O)cc1. The standard InChI is InChI=1S/C24H26N4O3S/c1-3-16-4-9-19(10-5-16)28-15-18(14-22(28)29)23(30)25-24-27-26-21(32-24)13-8-17-6-11-20(31-2)12-7-17/h4-7,9-12,18H,3,8,13-15H2,1-2H3,(H,25,27,30). The molecule has 0 radical (unpaired) electrons. The number of anilines is 2.